The first kappa shape index (κ1) is 12.9. The van der Waals surface area contributed by atoms with Crippen molar-refractivity contribution in [2.75, 3.05) is 5.75 Å². The van der Waals surface area contributed by atoms with E-state index in [0.717, 1.165) is 11.7 Å². The molecule has 0 saturated heterocycles. The third-order valence-electron chi connectivity index (χ3n) is 3.63. The van der Waals surface area contributed by atoms with Crippen LogP contribution >= 0.6 is 11.8 Å². The van der Waals surface area contributed by atoms with Gasteiger partial charge in [-0.1, -0.05) is 30.5 Å². The first-order chi connectivity index (χ1) is 8.29. The van der Waals surface area contributed by atoms with E-state index in [1.807, 2.05) is 11.8 Å². The number of thioether (sulfide) groups is 1. The Hall–Kier alpha value is -0.510. The van der Waals surface area contributed by atoms with Gasteiger partial charge in [-0.3, -0.25) is 11.3 Å². The minimum Gasteiger partial charge on any atom is -0.271 e. The summed E-state index contributed by atoms with van der Waals surface area (Å²) in [7, 11) is 0. The second kappa shape index (κ2) is 6.43. The van der Waals surface area contributed by atoms with Gasteiger partial charge in [0.25, 0.3) is 0 Å². The molecule has 1 atom stereocenters. The van der Waals surface area contributed by atoms with Gasteiger partial charge >= 0.3 is 0 Å². The van der Waals surface area contributed by atoms with Crippen LogP contribution in [0.15, 0.2) is 29.2 Å². The van der Waals surface area contributed by atoms with Crippen LogP contribution in [0, 0.1) is 12.8 Å². The maximum absolute atomic E-state index is 5.68. The standard InChI is InChI=1S/C14H22N2S/c1-11-6-8-13(9-7-11)17-10-14(16-15)12-4-2-3-5-12/h6-9,12,14,16H,2-5,10,15H2,1H3. The SMILES string of the molecule is Cc1ccc(SCC(NN)C2CCCC2)cc1. The fourth-order valence-corrected chi connectivity index (χ4v) is 3.57. The van der Waals surface area contributed by atoms with Crippen molar-refractivity contribution in [3.63, 3.8) is 0 Å². The first-order valence-electron chi connectivity index (χ1n) is 6.45. The molecular weight excluding hydrogens is 228 g/mol. The highest BCUT2D eigenvalue weighted by atomic mass is 32.2. The summed E-state index contributed by atoms with van der Waals surface area (Å²) in [5, 5.41) is 0. The number of aryl methyl sites for hydroxylation is 1. The van der Waals surface area contributed by atoms with Gasteiger partial charge in [-0.15, -0.1) is 11.8 Å². The smallest absolute Gasteiger partial charge is 0.0332 e. The Morgan fingerprint density at radius 1 is 1.29 bits per heavy atom. The second-order valence-electron chi connectivity index (χ2n) is 4.94. The molecule has 1 aromatic rings. The van der Waals surface area contributed by atoms with Crippen LogP contribution in [0.3, 0.4) is 0 Å². The highest BCUT2D eigenvalue weighted by Gasteiger charge is 2.23. The van der Waals surface area contributed by atoms with Crippen molar-refractivity contribution in [2.24, 2.45) is 11.8 Å². The molecule has 1 aromatic carbocycles. The molecule has 17 heavy (non-hydrogen) atoms. The first-order valence-corrected chi connectivity index (χ1v) is 7.44. The van der Waals surface area contributed by atoms with Gasteiger partial charge in [0.05, 0.1) is 0 Å². The van der Waals surface area contributed by atoms with E-state index in [1.54, 1.807) is 0 Å². The van der Waals surface area contributed by atoms with E-state index >= 15 is 0 Å². The van der Waals surface area contributed by atoms with Crippen molar-refractivity contribution >= 4 is 11.8 Å². The molecule has 3 N–H and O–H groups in total. The van der Waals surface area contributed by atoms with Gasteiger partial charge in [0.1, 0.15) is 0 Å². The van der Waals surface area contributed by atoms with E-state index in [1.165, 1.54) is 36.1 Å². The zero-order chi connectivity index (χ0) is 12.1. The fraction of sp³-hybridized carbons (Fsp3) is 0.571. The van der Waals surface area contributed by atoms with Crippen molar-refractivity contribution < 1.29 is 0 Å². The Morgan fingerprint density at radius 2 is 1.94 bits per heavy atom. The van der Waals surface area contributed by atoms with Crippen LogP contribution in [0.5, 0.6) is 0 Å². The summed E-state index contributed by atoms with van der Waals surface area (Å²) < 4.78 is 0. The van der Waals surface area contributed by atoms with Crippen LogP contribution in [-0.4, -0.2) is 11.8 Å². The topological polar surface area (TPSA) is 38.0 Å². The van der Waals surface area contributed by atoms with Crippen molar-refractivity contribution in [1.29, 1.82) is 0 Å². The van der Waals surface area contributed by atoms with E-state index in [9.17, 15) is 0 Å². The van der Waals surface area contributed by atoms with Crippen LogP contribution < -0.4 is 11.3 Å². The number of hydrogen-bond donors (Lipinski definition) is 2. The molecule has 1 fully saturated rings. The van der Waals surface area contributed by atoms with Crippen LogP contribution in [0.1, 0.15) is 31.2 Å². The highest BCUT2D eigenvalue weighted by Crippen LogP contribution is 2.30. The molecule has 1 unspecified atom stereocenters. The van der Waals surface area contributed by atoms with Gasteiger partial charge in [-0.25, -0.2) is 0 Å². The normalized spacial score (nSPS) is 18.5. The van der Waals surface area contributed by atoms with Crippen molar-refractivity contribution in [1.82, 2.24) is 5.43 Å². The number of hydrogen-bond acceptors (Lipinski definition) is 3. The average Bonchev–Trinajstić information content (AvgIpc) is 2.86. The summed E-state index contributed by atoms with van der Waals surface area (Å²) in [6, 6.07) is 9.19. The monoisotopic (exact) mass is 250 g/mol. The molecule has 0 radical (unpaired) electrons. The summed E-state index contributed by atoms with van der Waals surface area (Å²) in [5.41, 5.74) is 4.32. The zero-order valence-corrected chi connectivity index (χ0v) is 11.3. The molecule has 3 heteroatoms. The zero-order valence-electron chi connectivity index (χ0n) is 10.5. The van der Waals surface area contributed by atoms with E-state index in [4.69, 9.17) is 5.84 Å². The van der Waals surface area contributed by atoms with Gasteiger partial charge in [0, 0.05) is 16.7 Å². The van der Waals surface area contributed by atoms with Gasteiger partial charge < -0.3 is 0 Å². The number of nitrogens with one attached hydrogen (secondary N) is 1. The minimum atomic E-state index is 0.462. The van der Waals surface area contributed by atoms with Gasteiger partial charge in [-0.2, -0.15) is 0 Å². The highest BCUT2D eigenvalue weighted by molar-refractivity contribution is 7.99. The maximum Gasteiger partial charge on any atom is 0.0332 e. The molecule has 0 bridgehead atoms. The minimum absolute atomic E-state index is 0.462. The third-order valence-corrected chi connectivity index (χ3v) is 4.76. The summed E-state index contributed by atoms with van der Waals surface area (Å²) >= 11 is 1.91. The molecule has 1 aliphatic rings. The molecule has 0 amide bonds. The Morgan fingerprint density at radius 3 is 2.53 bits per heavy atom. The fourth-order valence-electron chi connectivity index (χ4n) is 2.50. The molecule has 2 nitrogen and oxygen atoms in total. The molecule has 2 rings (SSSR count). The predicted molar refractivity (Wildman–Crippen MR) is 75.0 cm³/mol. The van der Waals surface area contributed by atoms with Crippen LogP contribution in [0.25, 0.3) is 0 Å². The van der Waals surface area contributed by atoms with Gasteiger partial charge in [0.2, 0.25) is 0 Å². The summed E-state index contributed by atoms with van der Waals surface area (Å²) in [6.45, 7) is 2.12. The Bertz CT molecular complexity index is 331. The van der Waals surface area contributed by atoms with E-state index in [0.29, 0.717) is 6.04 Å². The second-order valence-corrected chi connectivity index (χ2v) is 6.04. The molecule has 94 valence electrons. The van der Waals surface area contributed by atoms with E-state index in [2.05, 4.69) is 36.6 Å². The Labute approximate surface area is 108 Å². The van der Waals surface area contributed by atoms with Crippen LogP contribution in [-0.2, 0) is 0 Å². The number of hydrazine groups is 1. The molecular formula is C14H22N2S. The Balaban J connectivity index is 1.84. The van der Waals surface area contributed by atoms with Gasteiger partial charge in [0.15, 0.2) is 0 Å². The molecule has 0 aromatic heterocycles. The third kappa shape index (κ3) is 3.73. The number of nitrogens with two attached hydrogens (primary N) is 1. The molecule has 1 saturated carbocycles. The maximum atomic E-state index is 5.68. The van der Waals surface area contributed by atoms with Crippen molar-refractivity contribution in [3.05, 3.63) is 29.8 Å². The molecule has 0 spiro atoms. The Kier molecular flexibility index (Phi) is 4.89. The largest absolute Gasteiger partial charge is 0.271 e. The summed E-state index contributed by atoms with van der Waals surface area (Å²) in [6.07, 6.45) is 5.42. The quantitative estimate of drug-likeness (QED) is 0.479. The van der Waals surface area contributed by atoms with Crippen LogP contribution in [0.4, 0.5) is 0 Å². The molecule has 1 aliphatic carbocycles. The van der Waals surface area contributed by atoms with Crippen molar-refractivity contribution in [3.8, 4) is 0 Å². The van der Waals surface area contributed by atoms with E-state index in [-0.39, 0.29) is 0 Å². The lowest BCUT2D eigenvalue weighted by Gasteiger charge is -2.22. The van der Waals surface area contributed by atoms with Gasteiger partial charge in [-0.05, 0) is 37.8 Å². The number of rotatable bonds is 5. The van der Waals surface area contributed by atoms with Crippen molar-refractivity contribution in [2.45, 2.75) is 43.5 Å². The molecule has 0 heterocycles. The lowest BCUT2D eigenvalue weighted by atomic mass is 10.0. The predicted octanol–water partition coefficient (Wildman–Crippen LogP) is 3.11. The lowest BCUT2D eigenvalue weighted by Crippen LogP contribution is -2.41. The molecule has 0 aliphatic heterocycles. The summed E-state index contributed by atoms with van der Waals surface area (Å²) in [5.74, 6) is 7.53. The summed E-state index contributed by atoms with van der Waals surface area (Å²) in [4.78, 5) is 1.34. The van der Waals surface area contributed by atoms with E-state index < -0.39 is 0 Å². The number of benzene rings is 1. The average molecular weight is 250 g/mol. The van der Waals surface area contributed by atoms with Crippen LogP contribution in [0.2, 0.25) is 0 Å². The lowest BCUT2D eigenvalue weighted by molar-refractivity contribution is 0.393.